The lowest BCUT2D eigenvalue weighted by Gasteiger charge is -2.18. The van der Waals surface area contributed by atoms with Gasteiger partial charge in [-0.1, -0.05) is 24.3 Å². The van der Waals surface area contributed by atoms with Crippen molar-refractivity contribution in [3.63, 3.8) is 0 Å². The Morgan fingerprint density at radius 1 is 0.425 bits per heavy atom. The fraction of sp³-hybridized carbons (Fsp3) is 0.0588. The summed E-state index contributed by atoms with van der Waals surface area (Å²) in [5.74, 6) is 1.50. The predicted octanol–water partition coefficient (Wildman–Crippen LogP) is 7.43. The third-order valence-corrected chi connectivity index (χ3v) is 6.51. The fourth-order valence-corrected chi connectivity index (χ4v) is 4.47. The fourth-order valence-electron chi connectivity index (χ4n) is 4.47. The standard InChI is InChI=1S/C34H26N4O2/c1-3-25(21-37-13-1)23-39-33-7-5-29(27-9-15-35-16-10-27)19-31(33)32-20-30(28-11-17-36-18-12-28)6-8-34(32)40-24-26-4-2-14-38-22-26/h1-22H,23-24H2. The molecule has 0 N–H and O–H groups in total. The lowest BCUT2D eigenvalue weighted by Crippen LogP contribution is -2.01. The summed E-state index contributed by atoms with van der Waals surface area (Å²) in [6, 6.07) is 28.3. The third kappa shape index (κ3) is 5.87. The van der Waals surface area contributed by atoms with Crippen LogP contribution in [0.1, 0.15) is 11.1 Å². The molecule has 6 nitrogen and oxygen atoms in total. The highest BCUT2D eigenvalue weighted by Crippen LogP contribution is 2.41. The first-order valence-corrected chi connectivity index (χ1v) is 13.0. The van der Waals surface area contributed by atoms with Crippen LogP contribution in [0.15, 0.2) is 135 Å². The quantitative estimate of drug-likeness (QED) is 0.197. The van der Waals surface area contributed by atoms with Gasteiger partial charge >= 0.3 is 0 Å². The molecule has 0 amide bonds. The second-order valence-electron chi connectivity index (χ2n) is 9.19. The van der Waals surface area contributed by atoms with Crippen molar-refractivity contribution in [3.8, 4) is 44.9 Å². The van der Waals surface area contributed by atoms with E-state index in [9.17, 15) is 0 Å². The van der Waals surface area contributed by atoms with Gasteiger partial charge in [0.25, 0.3) is 0 Å². The monoisotopic (exact) mass is 522 g/mol. The Hall–Kier alpha value is -5.36. The molecule has 40 heavy (non-hydrogen) atoms. The Kier molecular flexibility index (Phi) is 7.49. The molecule has 0 aliphatic heterocycles. The zero-order valence-electron chi connectivity index (χ0n) is 21.7. The summed E-state index contributed by atoms with van der Waals surface area (Å²) in [5.41, 5.74) is 8.08. The number of hydrogen-bond acceptors (Lipinski definition) is 6. The average molecular weight is 523 g/mol. The second kappa shape index (κ2) is 12.0. The van der Waals surface area contributed by atoms with E-state index in [4.69, 9.17) is 9.47 Å². The number of aromatic nitrogens is 4. The van der Waals surface area contributed by atoms with Gasteiger partial charge in [-0.15, -0.1) is 0 Å². The van der Waals surface area contributed by atoms with Crippen LogP contribution in [0.2, 0.25) is 0 Å². The molecule has 0 atom stereocenters. The van der Waals surface area contributed by atoms with Crippen molar-refractivity contribution in [3.05, 3.63) is 146 Å². The second-order valence-corrected chi connectivity index (χ2v) is 9.19. The van der Waals surface area contributed by atoms with E-state index < -0.39 is 0 Å². The molecule has 194 valence electrons. The van der Waals surface area contributed by atoms with E-state index in [1.54, 1.807) is 37.2 Å². The smallest absolute Gasteiger partial charge is 0.127 e. The Balaban J connectivity index is 1.46. The van der Waals surface area contributed by atoms with Crippen molar-refractivity contribution in [2.45, 2.75) is 13.2 Å². The maximum Gasteiger partial charge on any atom is 0.127 e. The van der Waals surface area contributed by atoms with Crippen LogP contribution < -0.4 is 9.47 Å². The van der Waals surface area contributed by atoms with E-state index in [0.717, 1.165) is 56.0 Å². The van der Waals surface area contributed by atoms with Crippen LogP contribution in [0.5, 0.6) is 11.5 Å². The highest BCUT2D eigenvalue weighted by atomic mass is 16.5. The first kappa shape index (κ1) is 24.9. The molecule has 4 aromatic heterocycles. The minimum absolute atomic E-state index is 0.394. The number of benzene rings is 2. The van der Waals surface area contributed by atoms with E-state index in [-0.39, 0.29) is 0 Å². The van der Waals surface area contributed by atoms with Crippen LogP contribution in [0.4, 0.5) is 0 Å². The van der Waals surface area contributed by atoms with Crippen molar-refractivity contribution < 1.29 is 9.47 Å². The number of nitrogens with zero attached hydrogens (tertiary/aromatic N) is 4. The highest BCUT2D eigenvalue weighted by Gasteiger charge is 2.16. The number of pyridine rings is 4. The van der Waals surface area contributed by atoms with Crippen molar-refractivity contribution in [1.82, 2.24) is 19.9 Å². The molecule has 0 saturated carbocycles. The van der Waals surface area contributed by atoms with Gasteiger partial charge in [-0.3, -0.25) is 19.9 Å². The van der Waals surface area contributed by atoms with Crippen molar-refractivity contribution >= 4 is 0 Å². The van der Waals surface area contributed by atoms with Gasteiger partial charge in [0, 0.05) is 71.8 Å². The van der Waals surface area contributed by atoms with Gasteiger partial charge in [-0.2, -0.15) is 0 Å². The molecule has 0 aliphatic carbocycles. The first-order chi connectivity index (χ1) is 19.8. The van der Waals surface area contributed by atoms with Crippen molar-refractivity contribution in [1.29, 1.82) is 0 Å². The lowest BCUT2D eigenvalue weighted by atomic mass is 9.95. The Labute approximate surface area is 233 Å². The molecule has 0 saturated heterocycles. The summed E-state index contributed by atoms with van der Waals surface area (Å²) in [7, 11) is 0. The van der Waals surface area contributed by atoms with Crippen molar-refractivity contribution in [2.75, 3.05) is 0 Å². The van der Waals surface area contributed by atoms with Crippen LogP contribution in [0, 0.1) is 0 Å². The lowest BCUT2D eigenvalue weighted by molar-refractivity contribution is 0.302. The molecular weight excluding hydrogens is 496 g/mol. The van der Waals surface area contributed by atoms with E-state index in [2.05, 4.69) is 44.2 Å². The van der Waals surface area contributed by atoms with Crippen LogP contribution in [0.3, 0.4) is 0 Å². The normalized spacial score (nSPS) is 10.7. The molecule has 0 bridgehead atoms. The Morgan fingerprint density at radius 3 is 1.27 bits per heavy atom. The largest absolute Gasteiger partial charge is 0.488 e. The zero-order valence-corrected chi connectivity index (χ0v) is 21.7. The van der Waals surface area contributed by atoms with Gasteiger partial charge in [0.05, 0.1) is 0 Å². The molecule has 2 aromatic carbocycles. The number of ether oxygens (including phenoxy) is 2. The summed E-state index contributed by atoms with van der Waals surface area (Å²) in [4.78, 5) is 16.8. The van der Waals surface area contributed by atoms with Gasteiger partial charge in [-0.25, -0.2) is 0 Å². The molecular formula is C34H26N4O2. The van der Waals surface area contributed by atoms with Gasteiger partial charge < -0.3 is 9.47 Å². The van der Waals surface area contributed by atoms with E-state index in [1.807, 2.05) is 73.1 Å². The van der Waals surface area contributed by atoms with E-state index in [0.29, 0.717) is 13.2 Å². The summed E-state index contributed by atoms with van der Waals surface area (Å²) in [5, 5.41) is 0. The molecule has 0 radical (unpaired) electrons. The van der Waals surface area contributed by atoms with E-state index in [1.165, 1.54) is 0 Å². The van der Waals surface area contributed by atoms with Gasteiger partial charge in [0.1, 0.15) is 24.7 Å². The third-order valence-electron chi connectivity index (χ3n) is 6.51. The van der Waals surface area contributed by atoms with Gasteiger partial charge in [0.2, 0.25) is 0 Å². The molecule has 4 heterocycles. The van der Waals surface area contributed by atoms with E-state index >= 15 is 0 Å². The predicted molar refractivity (Wildman–Crippen MR) is 155 cm³/mol. The van der Waals surface area contributed by atoms with Crippen LogP contribution in [0.25, 0.3) is 33.4 Å². The topological polar surface area (TPSA) is 70.0 Å². The molecule has 6 heteroatoms. The van der Waals surface area contributed by atoms with Crippen LogP contribution >= 0.6 is 0 Å². The number of hydrogen-bond donors (Lipinski definition) is 0. The minimum Gasteiger partial charge on any atom is -0.488 e. The van der Waals surface area contributed by atoms with Gasteiger partial charge in [-0.05, 0) is 82.9 Å². The Morgan fingerprint density at radius 2 is 0.875 bits per heavy atom. The van der Waals surface area contributed by atoms with Crippen LogP contribution in [-0.4, -0.2) is 19.9 Å². The molecule has 0 spiro atoms. The number of rotatable bonds is 9. The average Bonchev–Trinajstić information content (AvgIpc) is 3.04. The van der Waals surface area contributed by atoms with Crippen LogP contribution in [-0.2, 0) is 13.2 Å². The van der Waals surface area contributed by atoms with Crippen molar-refractivity contribution in [2.24, 2.45) is 0 Å². The minimum atomic E-state index is 0.394. The SMILES string of the molecule is c1cncc(COc2ccc(-c3ccncc3)cc2-c2cc(-c3ccncc3)ccc2OCc2cccnc2)c1. The summed E-state index contributed by atoms with van der Waals surface area (Å²) in [6.45, 7) is 0.788. The molecule has 0 fully saturated rings. The molecule has 6 aromatic rings. The highest BCUT2D eigenvalue weighted by molar-refractivity contribution is 5.84. The van der Waals surface area contributed by atoms with Gasteiger partial charge in [0.15, 0.2) is 0 Å². The summed E-state index contributed by atoms with van der Waals surface area (Å²) < 4.78 is 12.8. The Bertz CT molecular complexity index is 1550. The zero-order chi connectivity index (χ0) is 27.0. The summed E-state index contributed by atoms with van der Waals surface area (Å²) >= 11 is 0. The molecule has 6 rings (SSSR count). The maximum absolute atomic E-state index is 6.40. The first-order valence-electron chi connectivity index (χ1n) is 13.0. The molecule has 0 unspecified atom stereocenters. The summed E-state index contributed by atoms with van der Waals surface area (Å²) in [6.07, 6.45) is 14.4. The maximum atomic E-state index is 6.40. The molecule has 0 aliphatic rings.